The summed E-state index contributed by atoms with van der Waals surface area (Å²) in [5, 5.41) is 7.97. The van der Waals surface area contributed by atoms with Crippen LogP contribution in [0.15, 0.2) is 10.4 Å². The highest BCUT2D eigenvalue weighted by Crippen LogP contribution is 2.30. The van der Waals surface area contributed by atoms with Gasteiger partial charge in [-0.15, -0.1) is 11.3 Å². The lowest BCUT2D eigenvalue weighted by molar-refractivity contribution is -0.140. The Kier molecular flexibility index (Phi) is 8.78. The van der Waals surface area contributed by atoms with E-state index in [1.165, 1.54) is 0 Å². The van der Waals surface area contributed by atoms with Crippen molar-refractivity contribution in [2.24, 2.45) is 10.9 Å². The van der Waals surface area contributed by atoms with Crippen molar-refractivity contribution in [3.63, 3.8) is 0 Å². The van der Waals surface area contributed by atoms with Crippen molar-refractivity contribution in [1.29, 1.82) is 0 Å². The molecule has 27 heavy (non-hydrogen) atoms. The Morgan fingerprint density at radius 1 is 1.37 bits per heavy atom. The Hall–Kier alpha value is -1.39. The van der Waals surface area contributed by atoms with E-state index in [-0.39, 0.29) is 0 Å². The number of ether oxygens (including phenoxy) is 1. The van der Waals surface area contributed by atoms with E-state index in [4.69, 9.17) is 4.74 Å². The number of guanidine groups is 1. The number of aromatic nitrogens is 1. The van der Waals surface area contributed by atoms with Crippen LogP contribution in [0.2, 0.25) is 0 Å². The molecule has 154 valence electrons. The van der Waals surface area contributed by atoms with Crippen LogP contribution in [0.5, 0.6) is 0 Å². The molecule has 0 aliphatic carbocycles. The molecular weight excluding hydrogens is 379 g/mol. The van der Waals surface area contributed by atoms with E-state index in [2.05, 4.69) is 25.5 Å². The second-order valence-corrected chi connectivity index (χ2v) is 7.47. The van der Waals surface area contributed by atoms with E-state index in [0.717, 1.165) is 62.3 Å². The Morgan fingerprint density at radius 3 is 2.70 bits per heavy atom. The van der Waals surface area contributed by atoms with Gasteiger partial charge in [0, 0.05) is 45.6 Å². The molecule has 6 nitrogen and oxygen atoms in total. The van der Waals surface area contributed by atoms with Crippen molar-refractivity contribution < 1.29 is 17.9 Å². The van der Waals surface area contributed by atoms with E-state index < -0.39 is 11.9 Å². The van der Waals surface area contributed by atoms with Gasteiger partial charge in [0.1, 0.15) is 0 Å². The summed E-state index contributed by atoms with van der Waals surface area (Å²) in [7, 11) is 3.41. The SMILES string of the molecule is CN=C(NCCc1nc(C(F)(F)F)cs1)NCC1CCN(CCOC)CC1. The van der Waals surface area contributed by atoms with Crippen molar-refractivity contribution in [1.82, 2.24) is 20.5 Å². The Labute approximate surface area is 162 Å². The summed E-state index contributed by atoms with van der Waals surface area (Å²) < 4.78 is 42.8. The third-order valence-electron chi connectivity index (χ3n) is 4.57. The Balaban J connectivity index is 1.64. The average molecular weight is 408 g/mol. The number of thiazole rings is 1. The smallest absolute Gasteiger partial charge is 0.383 e. The highest BCUT2D eigenvalue weighted by atomic mass is 32.1. The summed E-state index contributed by atoms with van der Waals surface area (Å²) in [5.74, 6) is 1.26. The minimum Gasteiger partial charge on any atom is -0.383 e. The van der Waals surface area contributed by atoms with Crippen molar-refractivity contribution in [3.8, 4) is 0 Å². The summed E-state index contributed by atoms with van der Waals surface area (Å²) in [6.45, 7) is 5.23. The fraction of sp³-hybridized carbons (Fsp3) is 0.765. The maximum Gasteiger partial charge on any atom is 0.434 e. The molecule has 0 radical (unpaired) electrons. The fourth-order valence-electron chi connectivity index (χ4n) is 2.94. The van der Waals surface area contributed by atoms with Crippen LogP contribution < -0.4 is 10.6 Å². The molecule has 1 aliphatic heterocycles. The monoisotopic (exact) mass is 407 g/mol. The normalized spacial score (nSPS) is 17.3. The number of halogens is 3. The van der Waals surface area contributed by atoms with E-state index in [1.807, 2.05) is 0 Å². The number of nitrogens with one attached hydrogen (secondary N) is 2. The Bertz CT molecular complexity index is 585. The Morgan fingerprint density at radius 2 is 2.11 bits per heavy atom. The molecule has 1 saturated heterocycles. The van der Waals surface area contributed by atoms with Crippen LogP contribution in [0.3, 0.4) is 0 Å². The molecule has 0 unspecified atom stereocenters. The van der Waals surface area contributed by atoms with Gasteiger partial charge in [-0.2, -0.15) is 13.2 Å². The minimum absolute atomic E-state index is 0.430. The highest BCUT2D eigenvalue weighted by Gasteiger charge is 2.33. The summed E-state index contributed by atoms with van der Waals surface area (Å²) in [6, 6.07) is 0. The molecule has 1 aromatic heterocycles. The molecule has 0 saturated carbocycles. The molecule has 2 heterocycles. The van der Waals surface area contributed by atoms with Crippen LogP contribution in [0.1, 0.15) is 23.5 Å². The van der Waals surface area contributed by atoms with Crippen LogP contribution in [-0.2, 0) is 17.3 Å². The van der Waals surface area contributed by atoms with Gasteiger partial charge in [-0.25, -0.2) is 4.98 Å². The van der Waals surface area contributed by atoms with Crippen molar-refractivity contribution in [3.05, 3.63) is 16.1 Å². The predicted octanol–water partition coefficient (Wildman–Crippen LogP) is 2.23. The zero-order chi connectivity index (χ0) is 19.7. The second-order valence-electron chi connectivity index (χ2n) is 6.53. The summed E-state index contributed by atoms with van der Waals surface area (Å²) in [4.78, 5) is 10.2. The van der Waals surface area contributed by atoms with Gasteiger partial charge in [-0.1, -0.05) is 0 Å². The van der Waals surface area contributed by atoms with Crippen LogP contribution in [0.25, 0.3) is 0 Å². The van der Waals surface area contributed by atoms with Crippen LogP contribution >= 0.6 is 11.3 Å². The van der Waals surface area contributed by atoms with Gasteiger partial charge in [0.05, 0.1) is 11.6 Å². The lowest BCUT2D eigenvalue weighted by Gasteiger charge is -2.32. The summed E-state index contributed by atoms with van der Waals surface area (Å²) in [5.41, 5.74) is -0.818. The first kappa shape index (κ1) is 21.9. The summed E-state index contributed by atoms with van der Waals surface area (Å²) >= 11 is 1.03. The van der Waals surface area contributed by atoms with E-state index in [1.54, 1.807) is 14.2 Å². The second kappa shape index (κ2) is 10.8. The molecule has 0 spiro atoms. The van der Waals surface area contributed by atoms with Crippen LogP contribution in [0.4, 0.5) is 13.2 Å². The first-order valence-electron chi connectivity index (χ1n) is 9.09. The first-order valence-corrected chi connectivity index (χ1v) is 9.97. The van der Waals surface area contributed by atoms with Crippen molar-refractivity contribution >= 4 is 17.3 Å². The zero-order valence-corrected chi connectivity index (χ0v) is 16.6. The number of piperidine rings is 1. The minimum atomic E-state index is -4.38. The maximum absolute atomic E-state index is 12.6. The number of likely N-dealkylation sites (tertiary alicyclic amines) is 1. The van der Waals surface area contributed by atoms with Gasteiger partial charge >= 0.3 is 6.18 Å². The molecule has 0 bridgehead atoms. The number of nitrogens with zero attached hydrogens (tertiary/aromatic N) is 3. The van der Waals surface area contributed by atoms with E-state index in [9.17, 15) is 13.2 Å². The lowest BCUT2D eigenvalue weighted by Crippen LogP contribution is -2.43. The van der Waals surface area contributed by atoms with Gasteiger partial charge in [-0.3, -0.25) is 4.99 Å². The van der Waals surface area contributed by atoms with Gasteiger partial charge in [0.2, 0.25) is 0 Å². The molecule has 1 aliphatic rings. The van der Waals surface area contributed by atoms with Gasteiger partial charge in [0.15, 0.2) is 11.7 Å². The highest BCUT2D eigenvalue weighted by molar-refractivity contribution is 7.09. The molecule has 0 atom stereocenters. The first-order chi connectivity index (χ1) is 12.9. The molecule has 10 heteroatoms. The molecule has 2 rings (SSSR count). The molecule has 2 N–H and O–H groups in total. The summed E-state index contributed by atoms with van der Waals surface area (Å²) in [6.07, 6.45) is -1.68. The van der Waals surface area contributed by atoms with Gasteiger partial charge in [0.25, 0.3) is 0 Å². The molecule has 1 aromatic rings. The number of rotatable bonds is 8. The van der Waals surface area contributed by atoms with E-state index in [0.29, 0.717) is 29.9 Å². The standard InChI is InChI=1S/C17H28F3N5OS/c1-21-16(22-6-3-15-24-14(12-27-15)17(18,19)20)23-11-13-4-7-25(8-5-13)9-10-26-2/h12-13H,3-11H2,1-2H3,(H2,21,22,23). The lowest BCUT2D eigenvalue weighted by atomic mass is 9.97. The number of alkyl halides is 3. The van der Waals surface area contributed by atoms with E-state index >= 15 is 0 Å². The third-order valence-corrected chi connectivity index (χ3v) is 5.48. The zero-order valence-electron chi connectivity index (χ0n) is 15.8. The quantitative estimate of drug-likeness (QED) is 0.511. The fourth-order valence-corrected chi connectivity index (χ4v) is 3.74. The third kappa shape index (κ3) is 7.63. The molecular formula is C17H28F3N5OS. The largest absolute Gasteiger partial charge is 0.434 e. The predicted molar refractivity (Wildman–Crippen MR) is 101 cm³/mol. The number of aliphatic imine (C=N–C) groups is 1. The topological polar surface area (TPSA) is 61.8 Å². The molecule has 0 amide bonds. The number of hydrogen-bond acceptors (Lipinski definition) is 5. The molecule has 0 aromatic carbocycles. The number of methoxy groups -OCH3 is 1. The molecule has 1 fully saturated rings. The van der Waals surface area contributed by atoms with Gasteiger partial charge in [-0.05, 0) is 31.8 Å². The average Bonchev–Trinajstić information content (AvgIpc) is 3.13. The van der Waals surface area contributed by atoms with Gasteiger partial charge < -0.3 is 20.3 Å². The van der Waals surface area contributed by atoms with Crippen LogP contribution in [-0.4, -0.2) is 69.3 Å². The van der Waals surface area contributed by atoms with Crippen LogP contribution in [0, 0.1) is 5.92 Å². The number of hydrogen-bond donors (Lipinski definition) is 2. The van der Waals surface area contributed by atoms with Crippen molar-refractivity contribution in [2.75, 3.05) is 53.5 Å². The maximum atomic E-state index is 12.6. The van der Waals surface area contributed by atoms with Crippen molar-refractivity contribution in [2.45, 2.75) is 25.4 Å².